The van der Waals surface area contributed by atoms with Crippen molar-refractivity contribution >= 4 is 0 Å². The highest BCUT2D eigenvalue weighted by Crippen LogP contribution is 2.36. The Morgan fingerprint density at radius 1 is 1.64 bits per heavy atom. The SMILES string of the molecule is CCCNC(c1ncn[nH]1)C1CCC1. The van der Waals surface area contributed by atoms with Crippen LogP contribution in [-0.2, 0) is 0 Å². The normalized spacial score (nSPS) is 19.2. The number of H-pyrrole nitrogens is 1. The molecule has 0 amide bonds. The lowest BCUT2D eigenvalue weighted by Crippen LogP contribution is -2.33. The monoisotopic (exact) mass is 194 g/mol. The number of hydrogen-bond acceptors (Lipinski definition) is 3. The number of nitrogens with zero attached hydrogens (tertiary/aromatic N) is 2. The first-order valence-corrected chi connectivity index (χ1v) is 5.50. The van der Waals surface area contributed by atoms with Crippen LogP contribution in [0.1, 0.15) is 44.5 Å². The topological polar surface area (TPSA) is 53.6 Å². The van der Waals surface area contributed by atoms with Gasteiger partial charge in [0.25, 0.3) is 0 Å². The Balaban J connectivity index is 1.98. The summed E-state index contributed by atoms with van der Waals surface area (Å²) in [7, 11) is 0. The molecule has 0 radical (unpaired) electrons. The molecular weight excluding hydrogens is 176 g/mol. The lowest BCUT2D eigenvalue weighted by molar-refractivity contribution is 0.224. The van der Waals surface area contributed by atoms with Crippen LogP contribution in [0.15, 0.2) is 6.33 Å². The lowest BCUT2D eigenvalue weighted by Gasteiger charge is -2.32. The number of aromatic nitrogens is 3. The third-order valence-corrected chi connectivity index (χ3v) is 2.96. The summed E-state index contributed by atoms with van der Waals surface area (Å²) in [6.45, 7) is 3.24. The van der Waals surface area contributed by atoms with Crippen molar-refractivity contribution in [3.05, 3.63) is 12.2 Å². The summed E-state index contributed by atoms with van der Waals surface area (Å²) in [5.74, 6) is 1.76. The third kappa shape index (κ3) is 1.95. The Hall–Kier alpha value is -0.900. The van der Waals surface area contributed by atoms with Crippen molar-refractivity contribution in [1.82, 2.24) is 20.5 Å². The van der Waals surface area contributed by atoms with Crippen molar-refractivity contribution in [3.63, 3.8) is 0 Å². The molecule has 0 saturated heterocycles. The van der Waals surface area contributed by atoms with Gasteiger partial charge in [0, 0.05) is 0 Å². The molecule has 14 heavy (non-hydrogen) atoms. The second-order valence-electron chi connectivity index (χ2n) is 3.99. The Morgan fingerprint density at radius 3 is 3.00 bits per heavy atom. The fourth-order valence-electron chi connectivity index (χ4n) is 1.92. The summed E-state index contributed by atoms with van der Waals surface area (Å²) in [6.07, 6.45) is 6.76. The van der Waals surface area contributed by atoms with Crippen LogP contribution in [0.5, 0.6) is 0 Å². The third-order valence-electron chi connectivity index (χ3n) is 2.96. The molecule has 0 aromatic carbocycles. The summed E-state index contributed by atoms with van der Waals surface area (Å²) in [5.41, 5.74) is 0. The molecule has 0 aliphatic heterocycles. The fraction of sp³-hybridized carbons (Fsp3) is 0.800. The van der Waals surface area contributed by atoms with Gasteiger partial charge < -0.3 is 5.32 Å². The lowest BCUT2D eigenvalue weighted by atomic mass is 9.79. The molecule has 4 nitrogen and oxygen atoms in total. The second kappa shape index (κ2) is 4.55. The quantitative estimate of drug-likeness (QED) is 0.749. The van der Waals surface area contributed by atoms with Crippen molar-refractivity contribution in [2.24, 2.45) is 5.92 Å². The molecule has 2 rings (SSSR count). The molecule has 1 aromatic heterocycles. The molecule has 1 aromatic rings. The zero-order chi connectivity index (χ0) is 9.80. The van der Waals surface area contributed by atoms with E-state index in [0.29, 0.717) is 6.04 Å². The largest absolute Gasteiger partial charge is 0.307 e. The number of rotatable bonds is 5. The van der Waals surface area contributed by atoms with E-state index in [1.165, 1.54) is 19.3 Å². The van der Waals surface area contributed by atoms with Gasteiger partial charge in [-0.1, -0.05) is 13.3 Å². The van der Waals surface area contributed by atoms with E-state index in [9.17, 15) is 0 Å². The minimum atomic E-state index is 0.395. The van der Waals surface area contributed by atoms with Gasteiger partial charge in [0.1, 0.15) is 12.2 Å². The van der Waals surface area contributed by atoms with Crippen LogP contribution in [-0.4, -0.2) is 21.7 Å². The van der Waals surface area contributed by atoms with Gasteiger partial charge in [-0.2, -0.15) is 5.10 Å². The molecule has 1 aliphatic rings. The van der Waals surface area contributed by atoms with Gasteiger partial charge in [-0.05, 0) is 31.7 Å². The van der Waals surface area contributed by atoms with E-state index >= 15 is 0 Å². The van der Waals surface area contributed by atoms with Crippen LogP contribution in [0.2, 0.25) is 0 Å². The molecule has 78 valence electrons. The molecule has 1 unspecified atom stereocenters. The van der Waals surface area contributed by atoms with E-state index in [4.69, 9.17) is 0 Å². The Kier molecular flexibility index (Phi) is 3.14. The van der Waals surface area contributed by atoms with Gasteiger partial charge in [0.05, 0.1) is 6.04 Å². The van der Waals surface area contributed by atoms with Gasteiger partial charge in [-0.25, -0.2) is 4.98 Å². The first kappa shape index (κ1) is 9.65. The van der Waals surface area contributed by atoms with Gasteiger partial charge in [0.2, 0.25) is 0 Å². The standard InChI is InChI=1S/C10H18N4/c1-2-6-11-9(8-4-3-5-8)10-12-7-13-14-10/h7-9,11H,2-6H2,1H3,(H,12,13,14). The maximum Gasteiger partial charge on any atom is 0.141 e. The van der Waals surface area contributed by atoms with Crippen LogP contribution < -0.4 is 5.32 Å². The average molecular weight is 194 g/mol. The zero-order valence-electron chi connectivity index (χ0n) is 8.66. The van der Waals surface area contributed by atoms with Crippen molar-refractivity contribution in [3.8, 4) is 0 Å². The van der Waals surface area contributed by atoms with Crippen LogP contribution in [0.25, 0.3) is 0 Å². The van der Waals surface area contributed by atoms with Gasteiger partial charge in [0.15, 0.2) is 0 Å². The van der Waals surface area contributed by atoms with E-state index in [-0.39, 0.29) is 0 Å². The van der Waals surface area contributed by atoms with Crippen molar-refractivity contribution in [2.75, 3.05) is 6.54 Å². The van der Waals surface area contributed by atoms with E-state index in [1.807, 2.05) is 0 Å². The second-order valence-corrected chi connectivity index (χ2v) is 3.99. The molecule has 0 bridgehead atoms. The summed E-state index contributed by atoms with van der Waals surface area (Å²) >= 11 is 0. The van der Waals surface area contributed by atoms with E-state index in [0.717, 1.165) is 24.7 Å². The summed E-state index contributed by atoms with van der Waals surface area (Å²) in [4.78, 5) is 4.24. The Bertz CT molecular complexity index is 253. The minimum absolute atomic E-state index is 0.395. The summed E-state index contributed by atoms with van der Waals surface area (Å²) in [6, 6.07) is 0.395. The predicted molar refractivity (Wildman–Crippen MR) is 54.8 cm³/mol. The first-order chi connectivity index (χ1) is 6.92. The van der Waals surface area contributed by atoms with Gasteiger partial charge >= 0.3 is 0 Å². The molecule has 1 atom stereocenters. The Labute approximate surface area is 84.5 Å². The molecule has 1 heterocycles. The highest BCUT2D eigenvalue weighted by molar-refractivity contribution is 4.97. The van der Waals surface area contributed by atoms with Crippen molar-refractivity contribution < 1.29 is 0 Å². The number of aromatic amines is 1. The molecular formula is C10H18N4. The minimum Gasteiger partial charge on any atom is -0.307 e. The van der Waals surface area contributed by atoms with E-state index < -0.39 is 0 Å². The predicted octanol–water partition coefficient (Wildman–Crippen LogP) is 1.65. The molecule has 0 spiro atoms. The molecule has 1 aliphatic carbocycles. The highest BCUT2D eigenvalue weighted by Gasteiger charge is 2.29. The number of nitrogens with one attached hydrogen (secondary N) is 2. The van der Waals surface area contributed by atoms with Crippen molar-refractivity contribution in [2.45, 2.75) is 38.6 Å². The van der Waals surface area contributed by atoms with Crippen LogP contribution >= 0.6 is 0 Å². The zero-order valence-corrected chi connectivity index (χ0v) is 8.66. The molecule has 1 saturated carbocycles. The van der Waals surface area contributed by atoms with Crippen LogP contribution in [0.3, 0.4) is 0 Å². The summed E-state index contributed by atoms with van der Waals surface area (Å²) in [5, 5.41) is 10.4. The smallest absolute Gasteiger partial charge is 0.141 e. The fourth-order valence-corrected chi connectivity index (χ4v) is 1.92. The maximum absolute atomic E-state index is 4.24. The Morgan fingerprint density at radius 2 is 2.50 bits per heavy atom. The molecule has 1 fully saturated rings. The molecule has 4 heteroatoms. The van der Waals surface area contributed by atoms with Gasteiger partial charge in [-0.15, -0.1) is 0 Å². The number of hydrogen-bond donors (Lipinski definition) is 2. The average Bonchev–Trinajstić information content (AvgIpc) is 2.61. The highest BCUT2D eigenvalue weighted by atomic mass is 15.2. The van der Waals surface area contributed by atoms with Crippen LogP contribution in [0, 0.1) is 5.92 Å². The van der Waals surface area contributed by atoms with Crippen molar-refractivity contribution in [1.29, 1.82) is 0 Å². The molecule has 2 N–H and O–H groups in total. The maximum atomic E-state index is 4.24. The first-order valence-electron chi connectivity index (χ1n) is 5.50. The van der Waals surface area contributed by atoms with E-state index in [2.05, 4.69) is 27.4 Å². The van der Waals surface area contributed by atoms with E-state index in [1.54, 1.807) is 6.33 Å². The van der Waals surface area contributed by atoms with Gasteiger partial charge in [-0.3, -0.25) is 5.10 Å². The van der Waals surface area contributed by atoms with Crippen LogP contribution in [0.4, 0.5) is 0 Å². The summed E-state index contributed by atoms with van der Waals surface area (Å²) < 4.78 is 0.